The number of rotatable bonds is 0. The molecule has 45 heavy (non-hydrogen) atoms. The first kappa shape index (κ1) is 50.3. The topological polar surface area (TPSA) is 0 Å². The van der Waals surface area contributed by atoms with Crippen LogP contribution in [0.4, 0.5) is 13.2 Å². The third-order valence-corrected chi connectivity index (χ3v) is 7.02. The van der Waals surface area contributed by atoms with Crippen molar-refractivity contribution in [3.05, 3.63) is 78.2 Å². The van der Waals surface area contributed by atoms with E-state index in [2.05, 4.69) is 79.2 Å². The molecule has 0 heterocycles. The molecule has 0 N–H and O–H groups in total. The summed E-state index contributed by atoms with van der Waals surface area (Å²) in [4.78, 5) is 0. The van der Waals surface area contributed by atoms with Gasteiger partial charge in [0.1, 0.15) is 0 Å². The average Bonchev–Trinajstić information content (AvgIpc) is 2.91. The Bertz CT molecular complexity index is 1070. The van der Waals surface area contributed by atoms with Gasteiger partial charge in [0, 0.05) is 50.3 Å². The van der Waals surface area contributed by atoms with Crippen LogP contribution in [-0.4, -0.2) is 11.6 Å². The maximum atomic E-state index is 13.6. The molecule has 2 aromatic rings. The molecule has 1 radical (unpaired) electrons. The second kappa shape index (κ2) is 24.6. The zero-order chi connectivity index (χ0) is 32.5. The molecule has 0 nitrogen and oxygen atoms in total. The predicted octanol–water partition coefficient (Wildman–Crippen LogP) is 13.1. The minimum Gasteiger partial charge on any atom is -0.358 e. The molecule has 0 spiro atoms. The predicted molar refractivity (Wildman–Crippen MR) is 191 cm³/mol. The van der Waals surface area contributed by atoms with Gasteiger partial charge in [0.25, 0.3) is 0 Å². The third-order valence-electron chi connectivity index (χ3n) is 7.02. The maximum absolute atomic E-state index is 13.6. The van der Waals surface area contributed by atoms with Crippen LogP contribution in [0.25, 0.3) is 0 Å². The van der Waals surface area contributed by atoms with E-state index < -0.39 is 11.6 Å². The van der Waals surface area contributed by atoms with E-state index in [4.69, 9.17) is 0 Å². The molecular formula is C41H64F3Y-. The van der Waals surface area contributed by atoms with E-state index in [1.807, 2.05) is 56.2 Å². The summed E-state index contributed by atoms with van der Waals surface area (Å²) in [5.74, 6) is 7.41. The monoisotopic (exact) mass is 702 g/mol. The fraction of sp³-hybridized carbons (Fsp3) is 0.585. The fourth-order valence-corrected chi connectivity index (χ4v) is 3.31. The van der Waals surface area contributed by atoms with Crippen molar-refractivity contribution < 1.29 is 45.9 Å². The summed E-state index contributed by atoms with van der Waals surface area (Å²) >= 11 is 0. The Labute approximate surface area is 303 Å². The van der Waals surface area contributed by atoms with Crippen LogP contribution in [0.5, 0.6) is 0 Å². The van der Waals surface area contributed by atoms with E-state index in [1.165, 1.54) is 18.4 Å². The van der Waals surface area contributed by atoms with Crippen LogP contribution < -0.4 is 0 Å². The minimum atomic E-state index is -2.81. The first-order valence-corrected chi connectivity index (χ1v) is 15.8. The molecule has 253 valence electrons. The van der Waals surface area contributed by atoms with Crippen molar-refractivity contribution in [1.29, 1.82) is 0 Å². The number of hydrogen-bond donors (Lipinski definition) is 0. The van der Waals surface area contributed by atoms with Crippen LogP contribution in [-0.2, 0) is 45.6 Å². The first-order valence-electron chi connectivity index (χ1n) is 15.8. The molecule has 4 heteroatoms. The fourth-order valence-electron chi connectivity index (χ4n) is 3.31. The SMILES string of the molecule is C.CC.CC1(F)C#Cc2ccccc2CCC1.CCC(C)(C)C.CCC(C)(C)C.FC1(F)C#Cc2ccccc2CCC1.[CH3-].[Y]. The van der Waals surface area contributed by atoms with E-state index >= 15 is 0 Å². The van der Waals surface area contributed by atoms with Gasteiger partial charge in [-0.05, 0) is 79.0 Å². The molecule has 0 saturated heterocycles. The van der Waals surface area contributed by atoms with Crippen molar-refractivity contribution in [2.75, 3.05) is 0 Å². The largest absolute Gasteiger partial charge is 0.358 e. The molecule has 2 aliphatic rings. The van der Waals surface area contributed by atoms with E-state index in [0.717, 1.165) is 29.5 Å². The molecule has 1 atom stereocenters. The van der Waals surface area contributed by atoms with E-state index in [1.54, 1.807) is 13.0 Å². The van der Waals surface area contributed by atoms with Crippen LogP contribution in [0.3, 0.4) is 0 Å². The summed E-state index contributed by atoms with van der Waals surface area (Å²) in [6.07, 6.45) is 5.95. The third kappa shape index (κ3) is 25.3. The number of aryl methyl sites for hydroxylation is 2. The number of halogens is 3. The van der Waals surface area contributed by atoms with Gasteiger partial charge in [-0.15, -0.1) is 0 Å². The van der Waals surface area contributed by atoms with Crippen LogP contribution in [0, 0.1) is 41.9 Å². The normalized spacial score (nSPS) is 16.9. The van der Waals surface area contributed by atoms with Crippen molar-refractivity contribution in [3.63, 3.8) is 0 Å². The van der Waals surface area contributed by atoms with Crippen LogP contribution in [0.1, 0.15) is 144 Å². The van der Waals surface area contributed by atoms with Crippen molar-refractivity contribution in [2.45, 2.75) is 147 Å². The smallest absolute Gasteiger partial charge is 0.308 e. The van der Waals surface area contributed by atoms with Gasteiger partial charge in [-0.2, -0.15) is 8.78 Å². The van der Waals surface area contributed by atoms with Gasteiger partial charge >= 0.3 is 5.92 Å². The number of fused-ring (bicyclic) bond motifs is 2. The molecule has 2 aliphatic carbocycles. The Morgan fingerprint density at radius 2 is 1.00 bits per heavy atom. The molecular weight excluding hydrogens is 638 g/mol. The number of alkyl halides is 3. The second-order valence-electron chi connectivity index (χ2n) is 13.3. The molecule has 0 fully saturated rings. The zero-order valence-electron chi connectivity index (χ0n) is 30.0. The summed E-state index contributed by atoms with van der Waals surface area (Å²) in [5, 5.41) is 0. The summed E-state index contributed by atoms with van der Waals surface area (Å²) in [6, 6.07) is 15.5. The Morgan fingerprint density at radius 1 is 0.667 bits per heavy atom. The molecule has 4 rings (SSSR count). The average molecular weight is 703 g/mol. The van der Waals surface area contributed by atoms with Gasteiger partial charge in [-0.1, -0.05) is 144 Å². The Kier molecular flexibility index (Phi) is 27.5. The second-order valence-corrected chi connectivity index (χ2v) is 13.3. The molecule has 0 aromatic heterocycles. The van der Waals surface area contributed by atoms with Gasteiger partial charge in [0.2, 0.25) is 0 Å². The summed E-state index contributed by atoms with van der Waals surface area (Å²) in [7, 11) is 0. The standard InChI is InChI=1S/C13H13F.C12H10F2.2C6H14.C2H6.CH4.CH3.Y/c1-13(14)9-4-7-11-5-2-3-6-12(11)8-10-13;13-12(14)8-3-6-10-4-1-2-5-11(10)7-9-12;2*1-5-6(2,3)4;1-2;;;/h2-3,5-6H,4,7,9H2,1H3;1-2,4-5H,3,6,8H2;2*5H2,1-4H3;1-2H3;1H4;1H3;/q;;;;;;-1;. The molecule has 0 saturated carbocycles. The number of hydrogen-bond acceptors (Lipinski definition) is 0. The Balaban J connectivity index is -0.000000256. The van der Waals surface area contributed by atoms with Gasteiger partial charge < -0.3 is 7.43 Å². The van der Waals surface area contributed by atoms with Crippen LogP contribution in [0.15, 0.2) is 48.5 Å². The van der Waals surface area contributed by atoms with Crippen molar-refractivity contribution in [1.82, 2.24) is 0 Å². The van der Waals surface area contributed by atoms with Crippen molar-refractivity contribution in [3.8, 4) is 23.7 Å². The molecule has 1 unspecified atom stereocenters. The molecule has 0 amide bonds. The molecule has 2 aromatic carbocycles. The van der Waals surface area contributed by atoms with Gasteiger partial charge in [-0.25, -0.2) is 4.39 Å². The van der Waals surface area contributed by atoms with E-state index in [9.17, 15) is 13.2 Å². The summed E-state index contributed by atoms with van der Waals surface area (Å²) in [5.41, 5.74) is 3.82. The Morgan fingerprint density at radius 3 is 1.38 bits per heavy atom. The van der Waals surface area contributed by atoms with Crippen molar-refractivity contribution in [2.24, 2.45) is 10.8 Å². The van der Waals surface area contributed by atoms with E-state index in [0.29, 0.717) is 30.1 Å². The van der Waals surface area contributed by atoms with E-state index in [-0.39, 0.29) is 54.0 Å². The summed E-state index contributed by atoms with van der Waals surface area (Å²) < 4.78 is 39.6. The maximum Gasteiger partial charge on any atom is 0.308 e. The van der Waals surface area contributed by atoms with Crippen molar-refractivity contribution >= 4 is 0 Å². The van der Waals surface area contributed by atoms with Crippen LogP contribution in [0.2, 0.25) is 0 Å². The van der Waals surface area contributed by atoms with Gasteiger partial charge in [-0.3, -0.25) is 0 Å². The zero-order valence-corrected chi connectivity index (χ0v) is 32.8. The quantitative estimate of drug-likeness (QED) is 0.189. The van der Waals surface area contributed by atoms with Crippen LogP contribution >= 0.6 is 0 Å². The summed E-state index contributed by atoms with van der Waals surface area (Å²) in [6.45, 7) is 23.4. The van der Waals surface area contributed by atoms with Gasteiger partial charge in [0.15, 0.2) is 5.67 Å². The first-order chi connectivity index (χ1) is 19.5. The molecule has 0 bridgehead atoms. The minimum absolute atomic E-state index is 0. The number of benzene rings is 2. The van der Waals surface area contributed by atoms with Gasteiger partial charge in [0.05, 0.1) is 0 Å². The molecule has 0 aliphatic heterocycles. The Hall–Kier alpha value is -1.55.